The summed E-state index contributed by atoms with van der Waals surface area (Å²) in [5.41, 5.74) is 0.373. The van der Waals surface area contributed by atoms with Gasteiger partial charge in [0, 0.05) is 19.4 Å². The lowest BCUT2D eigenvalue weighted by Gasteiger charge is -2.03. The Morgan fingerprint density at radius 2 is 2.00 bits per heavy atom. The van der Waals surface area contributed by atoms with Gasteiger partial charge in [0.25, 0.3) is 0 Å². The van der Waals surface area contributed by atoms with Crippen molar-refractivity contribution in [3.05, 3.63) is 42.2 Å². The first-order valence-electron chi connectivity index (χ1n) is 7.31. The van der Waals surface area contributed by atoms with Gasteiger partial charge in [-0.25, -0.2) is 9.37 Å². The van der Waals surface area contributed by atoms with E-state index < -0.39 is 0 Å². The average molecular weight is 378 g/mol. The molecule has 0 saturated heterocycles. The lowest BCUT2D eigenvalue weighted by molar-refractivity contribution is -0.121. The number of oxazole rings is 1. The second kappa shape index (κ2) is 11.8. The monoisotopic (exact) mass is 377 g/mol. The second-order valence-electron chi connectivity index (χ2n) is 4.91. The van der Waals surface area contributed by atoms with Gasteiger partial charge in [-0.2, -0.15) is 0 Å². The molecule has 0 spiro atoms. The zero-order valence-electron chi connectivity index (χ0n) is 13.4. The van der Waals surface area contributed by atoms with E-state index in [1.54, 1.807) is 18.2 Å². The van der Waals surface area contributed by atoms with E-state index in [9.17, 15) is 9.18 Å². The van der Waals surface area contributed by atoms with Crippen LogP contribution in [0.1, 0.15) is 18.7 Å². The predicted octanol–water partition coefficient (Wildman–Crippen LogP) is 2.98. The minimum absolute atomic E-state index is 0. The number of halogens is 3. The van der Waals surface area contributed by atoms with E-state index in [1.807, 2.05) is 7.05 Å². The Morgan fingerprint density at radius 3 is 2.71 bits per heavy atom. The van der Waals surface area contributed by atoms with E-state index in [4.69, 9.17) is 4.42 Å². The van der Waals surface area contributed by atoms with Gasteiger partial charge in [-0.1, -0.05) is 12.1 Å². The zero-order chi connectivity index (χ0) is 15.8. The first kappa shape index (κ1) is 22.4. The lowest BCUT2D eigenvalue weighted by Crippen LogP contribution is -2.26. The maximum atomic E-state index is 13.6. The van der Waals surface area contributed by atoms with Crippen LogP contribution < -0.4 is 10.6 Å². The normalized spacial score (nSPS) is 9.75. The van der Waals surface area contributed by atoms with E-state index in [0.717, 1.165) is 13.0 Å². The molecule has 1 aromatic heterocycles. The Morgan fingerprint density at radius 1 is 1.25 bits per heavy atom. The van der Waals surface area contributed by atoms with Crippen molar-refractivity contribution in [2.24, 2.45) is 0 Å². The van der Waals surface area contributed by atoms with Crippen LogP contribution in [0.25, 0.3) is 11.3 Å². The number of hydrogen-bond donors (Lipinski definition) is 2. The molecule has 0 unspecified atom stereocenters. The smallest absolute Gasteiger partial charge is 0.220 e. The van der Waals surface area contributed by atoms with Crippen LogP contribution in [-0.2, 0) is 11.2 Å². The summed E-state index contributed by atoms with van der Waals surface area (Å²) < 4.78 is 19.1. The molecule has 0 atom stereocenters. The number of nitrogens with zero attached hydrogens (tertiary/aromatic N) is 1. The molecule has 0 saturated carbocycles. The van der Waals surface area contributed by atoms with Crippen molar-refractivity contribution in [2.45, 2.75) is 19.3 Å². The van der Waals surface area contributed by atoms with Crippen LogP contribution >= 0.6 is 24.8 Å². The number of amides is 1. The van der Waals surface area contributed by atoms with Crippen LogP contribution in [0.3, 0.4) is 0 Å². The highest BCUT2D eigenvalue weighted by Crippen LogP contribution is 2.23. The number of benzene rings is 1. The summed E-state index contributed by atoms with van der Waals surface area (Å²) in [7, 11) is 1.87. The summed E-state index contributed by atoms with van der Waals surface area (Å²) in [5, 5.41) is 5.84. The molecular weight excluding hydrogens is 356 g/mol. The quantitative estimate of drug-likeness (QED) is 0.693. The standard InChI is InChI=1S/C16H20FN3O2.2ClH/c1-18-9-4-10-19-15(21)7-8-16-20-11-14(22-16)12-5-2-3-6-13(12)17;;/h2-3,5-6,11,18H,4,7-10H2,1H3,(H,19,21);2*1H. The zero-order valence-corrected chi connectivity index (χ0v) is 15.0. The summed E-state index contributed by atoms with van der Waals surface area (Å²) in [6, 6.07) is 6.36. The molecule has 1 amide bonds. The third-order valence-electron chi connectivity index (χ3n) is 3.18. The molecule has 8 heteroatoms. The molecule has 0 aliphatic carbocycles. The average Bonchev–Trinajstić information content (AvgIpc) is 2.99. The molecule has 2 aromatic rings. The summed E-state index contributed by atoms with van der Waals surface area (Å²) in [4.78, 5) is 15.7. The number of aryl methyl sites for hydroxylation is 1. The number of nitrogens with one attached hydrogen (secondary N) is 2. The van der Waals surface area contributed by atoms with Crippen molar-refractivity contribution in [1.82, 2.24) is 15.6 Å². The van der Waals surface area contributed by atoms with Crippen molar-refractivity contribution in [1.29, 1.82) is 0 Å². The molecule has 0 bridgehead atoms. The molecule has 0 aliphatic rings. The number of carbonyl (C=O) groups is 1. The van der Waals surface area contributed by atoms with Gasteiger partial charge in [0.15, 0.2) is 11.7 Å². The fourth-order valence-electron chi connectivity index (χ4n) is 2.01. The molecule has 1 heterocycles. The number of carbonyl (C=O) groups excluding carboxylic acids is 1. The topological polar surface area (TPSA) is 67.2 Å². The highest BCUT2D eigenvalue weighted by atomic mass is 35.5. The molecule has 1 aromatic carbocycles. The first-order chi connectivity index (χ1) is 10.7. The Labute approximate surface area is 153 Å². The second-order valence-corrected chi connectivity index (χ2v) is 4.91. The predicted molar refractivity (Wildman–Crippen MR) is 96.3 cm³/mol. The molecule has 2 rings (SSSR count). The van der Waals surface area contributed by atoms with Gasteiger partial charge in [0.1, 0.15) is 5.82 Å². The van der Waals surface area contributed by atoms with Gasteiger partial charge >= 0.3 is 0 Å². The Balaban J connectivity index is 0.00000264. The minimum atomic E-state index is -0.354. The molecule has 0 radical (unpaired) electrons. The maximum absolute atomic E-state index is 13.6. The lowest BCUT2D eigenvalue weighted by atomic mass is 10.2. The number of aromatic nitrogens is 1. The van der Waals surface area contributed by atoms with Crippen molar-refractivity contribution < 1.29 is 13.6 Å². The van der Waals surface area contributed by atoms with Gasteiger partial charge in [-0.05, 0) is 32.1 Å². The Hall–Kier alpha value is -1.63. The Bertz CT molecular complexity index is 623. The minimum Gasteiger partial charge on any atom is -0.441 e. The molecule has 2 N–H and O–H groups in total. The van der Waals surface area contributed by atoms with E-state index in [1.165, 1.54) is 12.3 Å². The van der Waals surface area contributed by atoms with Crippen molar-refractivity contribution in [2.75, 3.05) is 20.1 Å². The summed E-state index contributed by atoms with van der Waals surface area (Å²) >= 11 is 0. The van der Waals surface area contributed by atoms with Gasteiger partial charge < -0.3 is 15.1 Å². The highest BCUT2D eigenvalue weighted by Gasteiger charge is 2.11. The fraction of sp³-hybridized carbons (Fsp3) is 0.375. The van der Waals surface area contributed by atoms with E-state index in [0.29, 0.717) is 36.6 Å². The van der Waals surface area contributed by atoms with Gasteiger partial charge in [-0.3, -0.25) is 4.79 Å². The Kier molecular flexibility index (Phi) is 11.0. The largest absolute Gasteiger partial charge is 0.441 e. The van der Waals surface area contributed by atoms with Crippen LogP contribution in [0.2, 0.25) is 0 Å². The highest BCUT2D eigenvalue weighted by molar-refractivity contribution is 5.85. The third-order valence-corrected chi connectivity index (χ3v) is 3.18. The summed E-state index contributed by atoms with van der Waals surface area (Å²) in [6.45, 7) is 1.51. The SMILES string of the molecule is CNCCCNC(=O)CCc1ncc(-c2ccccc2F)o1.Cl.Cl. The van der Waals surface area contributed by atoms with Gasteiger partial charge in [-0.15, -0.1) is 24.8 Å². The van der Waals surface area contributed by atoms with E-state index >= 15 is 0 Å². The van der Waals surface area contributed by atoms with Crippen LogP contribution in [0.5, 0.6) is 0 Å². The summed E-state index contributed by atoms with van der Waals surface area (Å²) in [6.07, 6.45) is 3.07. The number of rotatable bonds is 8. The molecule has 24 heavy (non-hydrogen) atoms. The van der Waals surface area contributed by atoms with E-state index in [2.05, 4.69) is 15.6 Å². The van der Waals surface area contributed by atoms with Crippen molar-refractivity contribution in [3.8, 4) is 11.3 Å². The van der Waals surface area contributed by atoms with Gasteiger partial charge in [0.05, 0.1) is 11.8 Å². The molecule has 134 valence electrons. The van der Waals surface area contributed by atoms with Crippen molar-refractivity contribution in [3.63, 3.8) is 0 Å². The van der Waals surface area contributed by atoms with E-state index in [-0.39, 0.29) is 36.5 Å². The van der Waals surface area contributed by atoms with Crippen molar-refractivity contribution >= 4 is 30.7 Å². The number of hydrogen-bond acceptors (Lipinski definition) is 4. The molecular formula is C16H22Cl2FN3O2. The van der Waals surface area contributed by atoms with Crippen LogP contribution in [0.15, 0.2) is 34.9 Å². The first-order valence-corrected chi connectivity index (χ1v) is 7.31. The maximum Gasteiger partial charge on any atom is 0.220 e. The van der Waals surface area contributed by atoms with Crippen LogP contribution in [0, 0.1) is 5.82 Å². The van der Waals surface area contributed by atoms with Crippen LogP contribution in [-0.4, -0.2) is 31.0 Å². The summed E-state index contributed by atoms with van der Waals surface area (Å²) in [5.74, 6) is 0.417. The molecule has 0 fully saturated rings. The van der Waals surface area contributed by atoms with Gasteiger partial charge in [0.2, 0.25) is 5.91 Å². The fourth-order valence-corrected chi connectivity index (χ4v) is 2.01. The third kappa shape index (κ3) is 6.86. The van der Waals surface area contributed by atoms with Crippen LogP contribution in [0.4, 0.5) is 4.39 Å². The molecule has 5 nitrogen and oxygen atoms in total. The molecule has 0 aliphatic heterocycles.